The summed E-state index contributed by atoms with van der Waals surface area (Å²) in [6, 6.07) is 26.9. The summed E-state index contributed by atoms with van der Waals surface area (Å²) >= 11 is 0. The van der Waals surface area contributed by atoms with Crippen LogP contribution in [0.15, 0.2) is 84.9 Å². The first-order valence-corrected chi connectivity index (χ1v) is 12.9. The fraction of sp³-hybridized carbons (Fsp3) is 0.226. The van der Waals surface area contributed by atoms with E-state index < -0.39 is 0 Å². The van der Waals surface area contributed by atoms with Gasteiger partial charge >= 0.3 is 6.03 Å². The minimum Gasteiger partial charge on any atom is -0.497 e. The maximum atomic E-state index is 13.8. The Labute approximate surface area is 228 Å². The molecule has 1 saturated heterocycles. The van der Waals surface area contributed by atoms with Gasteiger partial charge in [0.15, 0.2) is 0 Å². The van der Waals surface area contributed by atoms with E-state index in [0.717, 1.165) is 28.4 Å². The molecule has 1 aliphatic rings. The van der Waals surface area contributed by atoms with E-state index in [1.807, 2.05) is 90.7 Å². The number of benzene rings is 3. The molecule has 39 heavy (non-hydrogen) atoms. The van der Waals surface area contributed by atoms with E-state index in [-0.39, 0.29) is 11.9 Å². The lowest BCUT2D eigenvalue weighted by Crippen LogP contribution is -2.51. The highest BCUT2D eigenvalue weighted by molar-refractivity contribution is 5.98. The lowest BCUT2D eigenvalue weighted by atomic mass is 10.1. The van der Waals surface area contributed by atoms with Crippen LogP contribution in [-0.4, -0.2) is 66.7 Å². The Bertz CT molecular complexity index is 1470. The van der Waals surface area contributed by atoms with Gasteiger partial charge in [0.2, 0.25) is 0 Å². The normalized spacial score (nSPS) is 13.2. The van der Waals surface area contributed by atoms with Gasteiger partial charge in [0.1, 0.15) is 11.5 Å². The van der Waals surface area contributed by atoms with Crippen LogP contribution in [0.5, 0.6) is 11.5 Å². The SMILES string of the molecule is COc1cccc(NC(=O)N2CCN(C(=O)c3cc(-c4cccc(OC)c4)n(-c4ccccc4)c3C)CC2)c1. The second-order valence-electron chi connectivity index (χ2n) is 9.37. The summed E-state index contributed by atoms with van der Waals surface area (Å²) in [6.07, 6.45) is 0. The molecule has 1 fully saturated rings. The molecule has 3 aromatic carbocycles. The standard InChI is InChI=1S/C31H32N4O4/c1-22-28(21-29(23-9-7-13-26(19-23)38-2)35(22)25-11-5-4-6-12-25)30(36)33-15-17-34(18-16-33)31(37)32-24-10-8-14-27(20-24)39-3/h4-14,19-21H,15-18H2,1-3H3,(H,32,37). The summed E-state index contributed by atoms with van der Waals surface area (Å²) in [4.78, 5) is 30.2. The highest BCUT2D eigenvalue weighted by atomic mass is 16.5. The third-order valence-corrected chi connectivity index (χ3v) is 7.03. The molecule has 4 aromatic rings. The molecule has 1 aromatic heterocycles. The first-order valence-electron chi connectivity index (χ1n) is 12.9. The van der Waals surface area contributed by atoms with E-state index in [1.54, 1.807) is 25.2 Å². The zero-order valence-corrected chi connectivity index (χ0v) is 22.4. The van der Waals surface area contributed by atoms with Crippen molar-refractivity contribution in [1.29, 1.82) is 0 Å². The van der Waals surface area contributed by atoms with Gasteiger partial charge in [-0.15, -0.1) is 0 Å². The Morgan fingerprint density at radius 2 is 1.38 bits per heavy atom. The second-order valence-corrected chi connectivity index (χ2v) is 9.37. The third kappa shape index (κ3) is 5.45. The van der Waals surface area contributed by atoms with Gasteiger partial charge in [-0.05, 0) is 49.4 Å². The van der Waals surface area contributed by atoms with Crippen LogP contribution in [0.25, 0.3) is 16.9 Å². The van der Waals surface area contributed by atoms with Crippen molar-refractivity contribution in [3.63, 3.8) is 0 Å². The Kier molecular flexibility index (Phi) is 7.54. The number of urea groups is 1. The van der Waals surface area contributed by atoms with Crippen molar-refractivity contribution < 1.29 is 19.1 Å². The minimum atomic E-state index is -0.193. The topological polar surface area (TPSA) is 76.0 Å². The number of hydrogen-bond donors (Lipinski definition) is 1. The van der Waals surface area contributed by atoms with Crippen molar-refractivity contribution in [1.82, 2.24) is 14.4 Å². The van der Waals surface area contributed by atoms with Crippen molar-refractivity contribution in [2.24, 2.45) is 0 Å². The number of piperazine rings is 1. The number of amides is 3. The summed E-state index contributed by atoms with van der Waals surface area (Å²) in [5.74, 6) is 1.38. The predicted octanol–water partition coefficient (Wildman–Crippen LogP) is 5.46. The smallest absolute Gasteiger partial charge is 0.321 e. The lowest BCUT2D eigenvalue weighted by molar-refractivity contribution is 0.0671. The van der Waals surface area contributed by atoms with Gasteiger partial charge in [-0.2, -0.15) is 0 Å². The fourth-order valence-electron chi connectivity index (χ4n) is 4.91. The molecule has 0 saturated carbocycles. The molecule has 2 heterocycles. The molecular weight excluding hydrogens is 492 g/mol. The molecule has 0 aliphatic carbocycles. The number of nitrogens with one attached hydrogen (secondary N) is 1. The number of anilines is 1. The number of para-hydroxylation sites is 1. The number of nitrogens with zero attached hydrogens (tertiary/aromatic N) is 3. The number of hydrogen-bond acceptors (Lipinski definition) is 4. The molecule has 0 bridgehead atoms. The van der Waals surface area contributed by atoms with Crippen molar-refractivity contribution in [3.8, 4) is 28.4 Å². The van der Waals surface area contributed by atoms with Gasteiger partial charge < -0.3 is 29.2 Å². The second kappa shape index (κ2) is 11.3. The van der Waals surface area contributed by atoms with Crippen LogP contribution in [0, 0.1) is 6.92 Å². The summed E-state index contributed by atoms with van der Waals surface area (Å²) in [5, 5.41) is 2.92. The molecule has 0 radical (unpaired) electrons. The van der Waals surface area contributed by atoms with Gasteiger partial charge in [-0.25, -0.2) is 4.79 Å². The van der Waals surface area contributed by atoms with Crippen LogP contribution < -0.4 is 14.8 Å². The largest absolute Gasteiger partial charge is 0.497 e. The summed E-state index contributed by atoms with van der Waals surface area (Å²) in [6.45, 7) is 3.77. The molecule has 0 spiro atoms. The van der Waals surface area contributed by atoms with E-state index >= 15 is 0 Å². The van der Waals surface area contributed by atoms with Crippen LogP contribution in [0.4, 0.5) is 10.5 Å². The number of rotatable bonds is 6. The average Bonchev–Trinajstić information content (AvgIpc) is 3.34. The van der Waals surface area contributed by atoms with Gasteiger partial charge in [-0.3, -0.25) is 4.79 Å². The Morgan fingerprint density at radius 3 is 2.08 bits per heavy atom. The molecule has 200 valence electrons. The van der Waals surface area contributed by atoms with Crippen molar-refractivity contribution >= 4 is 17.6 Å². The first-order chi connectivity index (χ1) is 19.0. The van der Waals surface area contributed by atoms with E-state index in [9.17, 15) is 9.59 Å². The Hall–Kier alpha value is -4.72. The van der Waals surface area contributed by atoms with Gasteiger partial charge in [-0.1, -0.05) is 36.4 Å². The Morgan fingerprint density at radius 1 is 0.744 bits per heavy atom. The zero-order chi connectivity index (χ0) is 27.4. The predicted molar refractivity (Wildman–Crippen MR) is 152 cm³/mol. The average molecular weight is 525 g/mol. The summed E-state index contributed by atoms with van der Waals surface area (Å²) < 4.78 is 12.8. The fourth-order valence-corrected chi connectivity index (χ4v) is 4.91. The number of methoxy groups -OCH3 is 2. The summed E-state index contributed by atoms with van der Waals surface area (Å²) in [5.41, 5.74) is 5.02. The molecule has 8 nitrogen and oxygen atoms in total. The molecule has 0 unspecified atom stereocenters. The van der Waals surface area contributed by atoms with Crippen molar-refractivity contribution in [2.45, 2.75) is 6.92 Å². The highest BCUT2D eigenvalue weighted by Gasteiger charge is 2.28. The molecule has 1 aliphatic heterocycles. The maximum Gasteiger partial charge on any atom is 0.321 e. The molecule has 0 atom stereocenters. The van der Waals surface area contributed by atoms with Gasteiger partial charge in [0.25, 0.3) is 5.91 Å². The Balaban J connectivity index is 1.35. The van der Waals surface area contributed by atoms with Crippen molar-refractivity contribution in [2.75, 3.05) is 45.7 Å². The van der Waals surface area contributed by atoms with E-state index in [2.05, 4.69) is 9.88 Å². The third-order valence-electron chi connectivity index (χ3n) is 7.03. The number of carbonyl (C=O) groups excluding carboxylic acids is 2. The van der Waals surface area contributed by atoms with Gasteiger partial charge in [0, 0.05) is 54.9 Å². The highest BCUT2D eigenvalue weighted by Crippen LogP contribution is 2.32. The van der Waals surface area contributed by atoms with Crippen LogP contribution in [-0.2, 0) is 0 Å². The van der Waals surface area contributed by atoms with Gasteiger partial charge in [0.05, 0.1) is 25.5 Å². The summed E-state index contributed by atoms with van der Waals surface area (Å²) in [7, 11) is 3.23. The van der Waals surface area contributed by atoms with E-state index in [1.165, 1.54) is 0 Å². The van der Waals surface area contributed by atoms with Crippen LogP contribution >= 0.6 is 0 Å². The maximum absolute atomic E-state index is 13.8. The van der Waals surface area contributed by atoms with Crippen LogP contribution in [0.1, 0.15) is 16.1 Å². The molecule has 1 N–H and O–H groups in total. The van der Waals surface area contributed by atoms with Crippen LogP contribution in [0.2, 0.25) is 0 Å². The number of aromatic nitrogens is 1. The van der Waals surface area contributed by atoms with Crippen molar-refractivity contribution in [3.05, 3.63) is 96.2 Å². The van der Waals surface area contributed by atoms with Crippen LogP contribution in [0.3, 0.4) is 0 Å². The molecule has 8 heteroatoms. The number of carbonyl (C=O) groups is 2. The lowest BCUT2D eigenvalue weighted by Gasteiger charge is -2.34. The molecule has 3 amide bonds. The monoisotopic (exact) mass is 524 g/mol. The quantitative estimate of drug-likeness (QED) is 0.364. The van der Waals surface area contributed by atoms with E-state index in [0.29, 0.717) is 43.2 Å². The first kappa shape index (κ1) is 25.9. The minimum absolute atomic E-state index is 0.0424. The molecular formula is C31H32N4O4. The zero-order valence-electron chi connectivity index (χ0n) is 22.4. The van der Waals surface area contributed by atoms with E-state index in [4.69, 9.17) is 9.47 Å². The number of ether oxygens (including phenoxy) is 2. The molecule has 5 rings (SSSR count).